The van der Waals surface area contributed by atoms with E-state index in [-0.39, 0.29) is 23.3 Å². The lowest BCUT2D eigenvalue weighted by Gasteiger charge is -2.21. The van der Waals surface area contributed by atoms with Crippen molar-refractivity contribution in [3.63, 3.8) is 0 Å². The summed E-state index contributed by atoms with van der Waals surface area (Å²) in [6.07, 6.45) is -0.0824. The summed E-state index contributed by atoms with van der Waals surface area (Å²) in [5.41, 5.74) is 0.228. The molecule has 0 spiro atoms. The van der Waals surface area contributed by atoms with Crippen molar-refractivity contribution >= 4 is 5.91 Å². The Hall–Kier alpha value is -2.09. The number of ether oxygens (including phenoxy) is 1. The first-order valence-electron chi connectivity index (χ1n) is 6.19. The van der Waals surface area contributed by atoms with Gasteiger partial charge in [-0.1, -0.05) is 0 Å². The molecule has 100 valence electrons. The van der Waals surface area contributed by atoms with E-state index in [1.54, 1.807) is 4.90 Å². The van der Waals surface area contributed by atoms with Gasteiger partial charge in [0.15, 0.2) is 17.7 Å². The molecule has 1 aliphatic rings. The minimum absolute atomic E-state index is 0.0166. The van der Waals surface area contributed by atoms with Gasteiger partial charge in [0.05, 0.1) is 11.6 Å². The van der Waals surface area contributed by atoms with Crippen LogP contribution >= 0.6 is 0 Å². The van der Waals surface area contributed by atoms with Gasteiger partial charge in [-0.3, -0.25) is 4.79 Å². The average molecular weight is 262 g/mol. The van der Waals surface area contributed by atoms with Crippen LogP contribution in [0.15, 0.2) is 18.2 Å². The van der Waals surface area contributed by atoms with Crippen molar-refractivity contribution in [2.24, 2.45) is 0 Å². The van der Waals surface area contributed by atoms with E-state index in [1.165, 1.54) is 12.1 Å². The van der Waals surface area contributed by atoms with Crippen molar-refractivity contribution in [2.45, 2.75) is 32.4 Å². The van der Waals surface area contributed by atoms with Crippen LogP contribution in [0, 0.1) is 17.1 Å². The van der Waals surface area contributed by atoms with Gasteiger partial charge >= 0.3 is 0 Å². The smallest absolute Gasteiger partial charge is 0.263 e. The largest absolute Gasteiger partial charge is 0.477 e. The number of benzene rings is 1. The highest BCUT2D eigenvalue weighted by molar-refractivity contribution is 5.83. The van der Waals surface area contributed by atoms with Gasteiger partial charge in [-0.05, 0) is 32.0 Å². The molecule has 0 radical (unpaired) electrons. The average Bonchev–Trinajstić information content (AvgIpc) is 2.73. The zero-order valence-corrected chi connectivity index (χ0v) is 10.9. The summed E-state index contributed by atoms with van der Waals surface area (Å²) in [5, 5.41) is 8.66. The third-order valence-corrected chi connectivity index (χ3v) is 3.14. The fourth-order valence-electron chi connectivity index (χ4n) is 2.12. The molecular formula is C14H15FN2O2. The predicted molar refractivity (Wildman–Crippen MR) is 67.0 cm³/mol. The van der Waals surface area contributed by atoms with Crippen LogP contribution in [0.5, 0.6) is 5.75 Å². The summed E-state index contributed by atoms with van der Waals surface area (Å²) in [5.74, 6) is -0.712. The number of carbonyl (C=O) groups excluding carboxylic acids is 1. The minimum Gasteiger partial charge on any atom is -0.477 e. The maximum atomic E-state index is 13.7. The van der Waals surface area contributed by atoms with E-state index >= 15 is 0 Å². The molecule has 2 rings (SSSR count). The highest BCUT2D eigenvalue weighted by atomic mass is 19.1. The molecule has 19 heavy (non-hydrogen) atoms. The first-order valence-corrected chi connectivity index (χ1v) is 6.19. The third-order valence-electron chi connectivity index (χ3n) is 3.14. The molecule has 0 bridgehead atoms. The Balaban J connectivity index is 2.11. The highest BCUT2D eigenvalue weighted by Gasteiger charge is 2.35. The van der Waals surface area contributed by atoms with E-state index in [4.69, 9.17) is 10.00 Å². The summed E-state index contributed by atoms with van der Waals surface area (Å²) in [6.45, 7) is 4.49. The molecular weight excluding hydrogens is 247 g/mol. The Kier molecular flexibility index (Phi) is 3.70. The van der Waals surface area contributed by atoms with Gasteiger partial charge in [-0.15, -0.1) is 0 Å². The molecule has 0 saturated carbocycles. The predicted octanol–water partition coefficient (Wildman–Crippen LogP) is 2.09. The van der Waals surface area contributed by atoms with Crippen LogP contribution < -0.4 is 4.74 Å². The van der Waals surface area contributed by atoms with Gasteiger partial charge in [-0.25, -0.2) is 4.39 Å². The SMILES string of the molecule is CC(C)N1CC[C@@H](Oc2ccc(C#N)cc2F)C1=O. The number of amides is 1. The molecule has 1 saturated heterocycles. The molecule has 1 amide bonds. The minimum atomic E-state index is -0.634. The second-order valence-corrected chi connectivity index (χ2v) is 4.78. The molecule has 1 heterocycles. The topological polar surface area (TPSA) is 53.3 Å². The van der Waals surface area contributed by atoms with Crippen molar-refractivity contribution in [3.8, 4) is 11.8 Å². The zero-order chi connectivity index (χ0) is 14.0. The first kappa shape index (κ1) is 13.3. The number of nitrogens with zero attached hydrogens (tertiary/aromatic N) is 2. The molecule has 1 fully saturated rings. The highest BCUT2D eigenvalue weighted by Crippen LogP contribution is 2.24. The van der Waals surface area contributed by atoms with Crippen molar-refractivity contribution in [2.75, 3.05) is 6.54 Å². The number of hydrogen-bond acceptors (Lipinski definition) is 3. The normalized spacial score (nSPS) is 18.8. The number of rotatable bonds is 3. The monoisotopic (exact) mass is 262 g/mol. The summed E-state index contributed by atoms with van der Waals surface area (Å²) >= 11 is 0. The van der Waals surface area contributed by atoms with E-state index in [1.807, 2.05) is 19.9 Å². The van der Waals surface area contributed by atoms with Gasteiger partial charge in [-0.2, -0.15) is 5.26 Å². The summed E-state index contributed by atoms with van der Waals surface area (Å²) in [4.78, 5) is 13.7. The fraction of sp³-hybridized carbons (Fsp3) is 0.429. The van der Waals surface area contributed by atoms with Crippen LogP contribution in [-0.4, -0.2) is 29.5 Å². The van der Waals surface area contributed by atoms with Crippen LogP contribution in [-0.2, 0) is 4.79 Å². The van der Waals surface area contributed by atoms with Crippen molar-refractivity contribution < 1.29 is 13.9 Å². The van der Waals surface area contributed by atoms with Crippen LogP contribution in [0.4, 0.5) is 4.39 Å². The molecule has 1 aromatic carbocycles. The molecule has 0 unspecified atom stereocenters. The molecule has 0 aliphatic carbocycles. The molecule has 5 heteroatoms. The maximum absolute atomic E-state index is 13.7. The lowest BCUT2D eigenvalue weighted by Crippen LogP contribution is -2.36. The number of hydrogen-bond donors (Lipinski definition) is 0. The Morgan fingerprint density at radius 1 is 1.53 bits per heavy atom. The zero-order valence-electron chi connectivity index (χ0n) is 10.9. The van der Waals surface area contributed by atoms with Crippen molar-refractivity contribution in [1.29, 1.82) is 5.26 Å². The molecule has 1 aliphatic heterocycles. The fourth-order valence-corrected chi connectivity index (χ4v) is 2.12. The summed E-state index contributed by atoms with van der Waals surface area (Å²) in [6, 6.07) is 5.93. The van der Waals surface area contributed by atoms with Gasteiger partial charge in [0.25, 0.3) is 5.91 Å². The third kappa shape index (κ3) is 2.68. The van der Waals surface area contributed by atoms with Gasteiger partial charge in [0, 0.05) is 19.0 Å². The van der Waals surface area contributed by atoms with Crippen LogP contribution in [0.25, 0.3) is 0 Å². The molecule has 0 aromatic heterocycles. The number of carbonyl (C=O) groups is 1. The van der Waals surface area contributed by atoms with Crippen LogP contribution in [0.2, 0.25) is 0 Å². The molecule has 1 aromatic rings. The Morgan fingerprint density at radius 2 is 2.26 bits per heavy atom. The van der Waals surface area contributed by atoms with Gasteiger partial charge in [0.1, 0.15) is 0 Å². The lowest BCUT2D eigenvalue weighted by atomic mass is 10.2. The van der Waals surface area contributed by atoms with Crippen LogP contribution in [0.3, 0.4) is 0 Å². The number of likely N-dealkylation sites (tertiary alicyclic amines) is 1. The quantitative estimate of drug-likeness (QED) is 0.838. The first-order chi connectivity index (χ1) is 9.02. The van der Waals surface area contributed by atoms with E-state index in [0.29, 0.717) is 13.0 Å². The van der Waals surface area contributed by atoms with Crippen molar-refractivity contribution in [3.05, 3.63) is 29.6 Å². The lowest BCUT2D eigenvalue weighted by molar-refractivity contribution is -0.134. The second-order valence-electron chi connectivity index (χ2n) is 4.78. The van der Waals surface area contributed by atoms with Gasteiger partial charge < -0.3 is 9.64 Å². The van der Waals surface area contributed by atoms with E-state index < -0.39 is 11.9 Å². The standard InChI is InChI=1S/C14H15FN2O2/c1-9(2)17-6-5-13(14(17)18)19-12-4-3-10(8-16)7-11(12)15/h3-4,7,9,13H,5-6H2,1-2H3/t13-/m1/s1. The molecule has 0 N–H and O–H groups in total. The molecule has 1 atom stereocenters. The molecule has 4 nitrogen and oxygen atoms in total. The van der Waals surface area contributed by atoms with Gasteiger partial charge in [0.2, 0.25) is 0 Å². The Morgan fingerprint density at radius 3 is 2.79 bits per heavy atom. The maximum Gasteiger partial charge on any atom is 0.263 e. The Labute approximate surface area is 111 Å². The summed E-state index contributed by atoms with van der Waals surface area (Å²) < 4.78 is 19.1. The number of nitriles is 1. The van der Waals surface area contributed by atoms with E-state index in [0.717, 1.165) is 6.07 Å². The van der Waals surface area contributed by atoms with E-state index in [2.05, 4.69) is 0 Å². The van der Waals surface area contributed by atoms with Crippen molar-refractivity contribution in [1.82, 2.24) is 4.90 Å². The van der Waals surface area contributed by atoms with Crippen LogP contribution in [0.1, 0.15) is 25.8 Å². The Bertz CT molecular complexity index is 537. The number of halogens is 1. The second kappa shape index (κ2) is 5.27. The van der Waals surface area contributed by atoms with E-state index in [9.17, 15) is 9.18 Å². The summed E-state index contributed by atoms with van der Waals surface area (Å²) in [7, 11) is 0.